The highest BCUT2D eigenvalue weighted by Gasteiger charge is 2.11. The SMILES string of the molecule is CC(CBr)CCCNS(=O)(=O)N(C)C. The molecule has 0 radical (unpaired) electrons. The van der Waals surface area contributed by atoms with Crippen LogP contribution in [-0.2, 0) is 10.2 Å². The Morgan fingerprint density at radius 1 is 1.43 bits per heavy atom. The van der Waals surface area contributed by atoms with Crippen molar-refractivity contribution in [3.05, 3.63) is 0 Å². The summed E-state index contributed by atoms with van der Waals surface area (Å²) in [5.74, 6) is 0.596. The van der Waals surface area contributed by atoms with Gasteiger partial charge in [0, 0.05) is 26.0 Å². The molecule has 0 bridgehead atoms. The van der Waals surface area contributed by atoms with Gasteiger partial charge < -0.3 is 0 Å². The van der Waals surface area contributed by atoms with Gasteiger partial charge in [-0.1, -0.05) is 22.9 Å². The quantitative estimate of drug-likeness (QED) is 0.565. The topological polar surface area (TPSA) is 49.4 Å². The molecule has 1 atom stereocenters. The molecular formula is C8H19BrN2O2S. The summed E-state index contributed by atoms with van der Waals surface area (Å²) in [6.45, 7) is 2.65. The lowest BCUT2D eigenvalue weighted by molar-refractivity contribution is 0.496. The van der Waals surface area contributed by atoms with Crippen LogP contribution in [0.15, 0.2) is 0 Å². The van der Waals surface area contributed by atoms with Gasteiger partial charge in [0.25, 0.3) is 10.2 Å². The largest absolute Gasteiger partial charge is 0.278 e. The summed E-state index contributed by atoms with van der Waals surface area (Å²) in [6.07, 6.45) is 1.90. The molecule has 0 aliphatic heterocycles. The molecule has 86 valence electrons. The number of alkyl halides is 1. The molecule has 0 saturated heterocycles. The van der Waals surface area contributed by atoms with Crippen LogP contribution in [-0.4, -0.2) is 38.7 Å². The first-order valence-corrected chi connectivity index (χ1v) is 7.19. The lowest BCUT2D eigenvalue weighted by atomic mass is 10.1. The van der Waals surface area contributed by atoms with Crippen LogP contribution in [0, 0.1) is 5.92 Å². The summed E-state index contributed by atoms with van der Waals surface area (Å²) in [4.78, 5) is 0. The zero-order valence-electron chi connectivity index (χ0n) is 8.96. The molecule has 0 aliphatic rings. The third kappa shape index (κ3) is 5.95. The van der Waals surface area contributed by atoms with E-state index >= 15 is 0 Å². The van der Waals surface area contributed by atoms with Gasteiger partial charge in [-0.3, -0.25) is 0 Å². The molecule has 14 heavy (non-hydrogen) atoms. The summed E-state index contributed by atoms with van der Waals surface area (Å²) >= 11 is 3.38. The second-order valence-electron chi connectivity index (χ2n) is 3.58. The highest BCUT2D eigenvalue weighted by atomic mass is 79.9. The van der Waals surface area contributed by atoms with Crippen LogP contribution in [0.5, 0.6) is 0 Å². The van der Waals surface area contributed by atoms with Gasteiger partial charge in [-0.2, -0.15) is 12.7 Å². The maximum Gasteiger partial charge on any atom is 0.278 e. The highest BCUT2D eigenvalue weighted by molar-refractivity contribution is 9.09. The molecule has 0 aromatic heterocycles. The molecule has 0 aliphatic carbocycles. The van der Waals surface area contributed by atoms with Gasteiger partial charge in [0.2, 0.25) is 0 Å². The third-order valence-corrected chi connectivity index (χ3v) is 4.54. The minimum atomic E-state index is -3.23. The Bertz CT molecular complexity index is 242. The summed E-state index contributed by atoms with van der Waals surface area (Å²) in [5.41, 5.74) is 0. The number of rotatable bonds is 7. The van der Waals surface area contributed by atoms with Crippen LogP contribution in [0.3, 0.4) is 0 Å². The molecule has 0 rings (SSSR count). The van der Waals surface area contributed by atoms with Gasteiger partial charge >= 0.3 is 0 Å². The maximum absolute atomic E-state index is 11.3. The summed E-state index contributed by atoms with van der Waals surface area (Å²) in [7, 11) is -0.197. The van der Waals surface area contributed by atoms with Gasteiger partial charge in [-0.25, -0.2) is 4.72 Å². The lowest BCUT2D eigenvalue weighted by Crippen LogP contribution is -2.36. The molecule has 1 unspecified atom stereocenters. The first-order chi connectivity index (χ1) is 6.40. The monoisotopic (exact) mass is 286 g/mol. The molecule has 0 amide bonds. The van der Waals surface area contributed by atoms with Crippen molar-refractivity contribution in [1.29, 1.82) is 0 Å². The van der Waals surface area contributed by atoms with E-state index in [2.05, 4.69) is 27.6 Å². The first kappa shape index (κ1) is 14.3. The van der Waals surface area contributed by atoms with E-state index in [1.807, 2.05) is 0 Å². The van der Waals surface area contributed by atoms with E-state index in [4.69, 9.17) is 0 Å². The van der Waals surface area contributed by atoms with Crippen LogP contribution in [0.25, 0.3) is 0 Å². The van der Waals surface area contributed by atoms with E-state index in [1.54, 1.807) is 0 Å². The number of hydrogen-bond donors (Lipinski definition) is 1. The van der Waals surface area contributed by atoms with E-state index in [1.165, 1.54) is 18.4 Å². The Kier molecular flexibility index (Phi) is 6.93. The number of halogens is 1. The first-order valence-electron chi connectivity index (χ1n) is 4.63. The van der Waals surface area contributed by atoms with Crippen LogP contribution in [0.4, 0.5) is 0 Å². The summed E-state index contributed by atoms with van der Waals surface area (Å²) in [6, 6.07) is 0. The van der Waals surface area contributed by atoms with Crippen molar-refractivity contribution in [3.63, 3.8) is 0 Å². The number of nitrogens with one attached hydrogen (secondary N) is 1. The Morgan fingerprint density at radius 2 is 2.00 bits per heavy atom. The van der Waals surface area contributed by atoms with E-state index in [0.717, 1.165) is 18.2 Å². The Balaban J connectivity index is 3.65. The zero-order valence-corrected chi connectivity index (χ0v) is 11.4. The molecule has 1 N–H and O–H groups in total. The van der Waals surface area contributed by atoms with E-state index < -0.39 is 10.2 Å². The van der Waals surface area contributed by atoms with Gasteiger partial charge in [-0.15, -0.1) is 0 Å². The molecule has 6 heteroatoms. The fraction of sp³-hybridized carbons (Fsp3) is 1.00. The molecular weight excluding hydrogens is 268 g/mol. The smallest absolute Gasteiger partial charge is 0.202 e. The number of hydrogen-bond acceptors (Lipinski definition) is 2. The average molecular weight is 287 g/mol. The Labute approximate surface area is 95.4 Å². The highest BCUT2D eigenvalue weighted by Crippen LogP contribution is 2.07. The van der Waals surface area contributed by atoms with Crippen molar-refractivity contribution in [2.75, 3.05) is 26.0 Å². The minimum absolute atomic E-state index is 0.512. The van der Waals surface area contributed by atoms with Gasteiger partial charge in [-0.05, 0) is 18.8 Å². The number of nitrogens with zero attached hydrogens (tertiary/aromatic N) is 1. The average Bonchev–Trinajstić information content (AvgIpc) is 2.11. The molecule has 0 aromatic rings. The maximum atomic E-state index is 11.3. The predicted molar refractivity (Wildman–Crippen MR) is 62.8 cm³/mol. The van der Waals surface area contributed by atoms with Crippen molar-refractivity contribution in [3.8, 4) is 0 Å². The van der Waals surface area contributed by atoms with E-state index in [9.17, 15) is 8.42 Å². The Hall–Kier alpha value is 0.350. The van der Waals surface area contributed by atoms with Crippen molar-refractivity contribution in [2.45, 2.75) is 19.8 Å². The lowest BCUT2D eigenvalue weighted by Gasteiger charge is -2.12. The van der Waals surface area contributed by atoms with Gasteiger partial charge in [0.05, 0.1) is 0 Å². The van der Waals surface area contributed by atoms with Gasteiger partial charge in [0.15, 0.2) is 0 Å². The Morgan fingerprint density at radius 3 is 2.43 bits per heavy atom. The van der Waals surface area contributed by atoms with Crippen molar-refractivity contribution in [2.24, 2.45) is 5.92 Å². The standard InChI is InChI=1S/C8H19BrN2O2S/c1-8(7-9)5-4-6-10-14(12,13)11(2)3/h8,10H,4-7H2,1-3H3. The fourth-order valence-corrected chi connectivity index (χ4v) is 1.84. The summed E-state index contributed by atoms with van der Waals surface area (Å²) in [5, 5.41) is 0.966. The second kappa shape index (κ2) is 6.76. The molecule has 0 heterocycles. The van der Waals surface area contributed by atoms with Gasteiger partial charge in [0.1, 0.15) is 0 Å². The van der Waals surface area contributed by atoms with Crippen molar-refractivity contribution in [1.82, 2.24) is 9.03 Å². The van der Waals surface area contributed by atoms with Crippen molar-refractivity contribution < 1.29 is 8.42 Å². The molecule has 4 nitrogen and oxygen atoms in total. The summed E-state index contributed by atoms with van der Waals surface area (Å²) < 4.78 is 26.2. The minimum Gasteiger partial charge on any atom is -0.202 e. The third-order valence-electron chi connectivity index (χ3n) is 1.90. The molecule has 0 aromatic carbocycles. The van der Waals surface area contributed by atoms with E-state index in [-0.39, 0.29) is 0 Å². The van der Waals surface area contributed by atoms with Crippen LogP contribution in [0.1, 0.15) is 19.8 Å². The van der Waals surface area contributed by atoms with Crippen LogP contribution >= 0.6 is 15.9 Å². The van der Waals surface area contributed by atoms with E-state index in [0.29, 0.717) is 12.5 Å². The molecule has 0 fully saturated rings. The second-order valence-corrected chi connectivity index (χ2v) is 6.20. The zero-order chi connectivity index (χ0) is 11.2. The fourth-order valence-electron chi connectivity index (χ4n) is 0.858. The normalized spacial score (nSPS) is 14.6. The molecule has 0 spiro atoms. The molecule has 0 saturated carbocycles. The van der Waals surface area contributed by atoms with Crippen LogP contribution in [0.2, 0.25) is 0 Å². The van der Waals surface area contributed by atoms with Crippen molar-refractivity contribution >= 4 is 26.1 Å². The van der Waals surface area contributed by atoms with Crippen LogP contribution < -0.4 is 4.72 Å². The predicted octanol–water partition coefficient (Wildman–Crippen LogP) is 1.19.